The Morgan fingerprint density at radius 3 is 2.56 bits per heavy atom. The maximum Gasteiger partial charge on any atom is 0.252 e. The second-order valence-corrected chi connectivity index (χ2v) is 5.39. The molecule has 0 unspecified atom stereocenters. The highest BCUT2D eigenvalue weighted by atomic mass is 35.5. The zero-order valence-corrected chi connectivity index (χ0v) is 11.6. The molecule has 0 aliphatic carbocycles. The first-order chi connectivity index (χ1) is 8.58. The van der Waals surface area contributed by atoms with Gasteiger partial charge in [-0.1, -0.05) is 11.6 Å². The number of amides is 1. The fourth-order valence-electron chi connectivity index (χ4n) is 2.20. The summed E-state index contributed by atoms with van der Waals surface area (Å²) >= 11 is 6.20. The van der Waals surface area contributed by atoms with Crippen molar-refractivity contribution in [1.29, 1.82) is 0 Å². The maximum absolute atomic E-state index is 11.9. The molecule has 1 aromatic carbocycles. The summed E-state index contributed by atoms with van der Waals surface area (Å²) in [5.41, 5.74) is 1.66. The highest BCUT2D eigenvalue weighted by Gasteiger charge is 2.16. The van der Waals surface area contributed by atoms with Crippen LogP contribution in [0.2, 0.25) is 5.02 Å². The van der Waals surface area contributed by atoms with Gasteiger partial charge in [0.05, 0.1) is 10.6 Å². The van der Waals surface area contributed by atoms with Gasteiger partial charge < -0.3 is 10.2 Å². The molecule has 1 N–H and O–H groups in total. The highest BCUT2D eigenvalue weighted by molar-refractivity contribution is 6.34. The van der Waals surface area contributed by atoms with Gasteiger partial charge in [-0.05, 0) is 44.9 Å². The first-order valence-corrected chi connectivity index (χ1v) is 6.81. The van der Waals surface area contributed by atoms with Crippen LogP contribution in [0.25, 0.3) is 0 Å². The van der Waals surface area contributed by atoms with E-state index < -0.39 is 0 Å². The molecule has 1 aliphatic rings. The van der Waals surface area contributed by atoms with Gasteiger partial charge in [-0.25, -0.2) is 0 Å². The Hall–Kier alpha value is -1.22. The van der Waals surface area contributed by atoms with Crippen LogP contribution in [0, 0.1) is 0 Å². The van der Waals surface area contributed by atoms with Crippen molar-refractivity contribution in [1.82, 2.24) is 5.32 Å². The summed E-state index contributed by atoms with van der Waals surface area (Å²) in [5, 5.41) is 3.38. The van der Waals surface area contributed by atoms with Crippen molar-refractivity contribution in [3.05, 3.63) is 28.8 Å². The number of rotatable bonds is 3. The van der Waals surface area contributed by atoms with Crippen LogP contribution in [0.3, 0.4) is 0 Å². The molecule has 0 spiro atoms. The molecule has 1 aromatic rings. The van der Waals surface area contributed by atoms with Gasteiger partial charge in [-0.3, -0.25) is 4.79 Å². The lowest BCUT2D eigenvalue weighted by Crippen LogP contribution is -2.30. The Morgan fingerprint density at radius 2 is 2.00 bits per heavy atom. The lowest BCUT2D eigenvalue weighted by atomic mass is 10.1. The van der Waals surface area contributed by atoms with Gasteiger partial charge in [-0.15, -0.1) is 0 Å². The summed E-state index contributed by atoms with van der Waals surface area (Å²) in [5.74, 6) is -0.108. The molecule has 2 rings (SSSR count). The Balaban J connectivity index is 2.16. The third kappa shape index (κ3) is 2.96. The summed E-state index contributed by atoms with van der Waals surface area (Å²) in [4.78, 5) is 14.2. The zero-order valence-electron chi connectivity index (χ0n) is 10.9. The summed E-state index contributed by atoms with van der Waals surface area (Å²) in [6.07, 6.45) is 2.46. The number of carbonyl (C=O) groups is 1. The maximum atomic E-state index is 11.9. The van der Waals surface area contributed by atoms with Crippen molar-refractivity contribution in [2.75, 3.05) is 18.0 Å². The topological polar surface area (TPSA) is 32.3 Å². The Kier molecular flexibility index (Phi) is 4.12. The van der Waals surface area contributed by atoms with E-state index in [4.69, 9.17) is 11.6 Å². The minimum Gasteiger partial charge on any atom is -0.371 e. The molecule has 0 radical (unpaired) electrons. The summed E-state index contributed by atoms with van der Waals surface area (Å²) < 4.78 is 0. The van der Waals surface area contributed by atoms with E-state index >= 15 is 0 Å². The fourth-order valence-corrected chi connectivity index (χ4v) is 2.46. The predicted molar refractivity (Wildman–Crippen MR) is 75.5 cm³/mol. The molecule has 1 aliphatic heterocycles. The lowest BCUT2D eigenvalue weighted by molar-refractivity contribution is 0.0943. The first kappa shape index (κ1) is 13.2. The summed E-state index contributed by atoms with van der Waals surface area (Å²) in [7, 11) is 0. The largest absolute Gasteiger partial charge is 0.371 e. The lowest BCUT2D eigenvalue weighted by Gasteiger charge is -2.18. The van der Waals surface area contributed by atoms with E-state index in [1.807, 2.05) is 32.0 Å². The van der Waals surface area contributed by atoms with Crippen LogP contribution in [0.4, 0.5) is 5.69 Å². The van der Waals surface area contributed by atoms with Crippen molar-refractivity contribution in [2.45, 2.75) is 32.7 Å². The van der Waals surface area contributed by atoms with Crippen LogP contribution >= 0.6 is 11.6 Å². The van der Waals surface area contributed by atoms with Crippen molar-refractivity contribution in [3.63, 3.8) is 0 Å². The van der Waals surface area contributed by atoms with Gasteiger partial charge in [0.1, 0.15) is 0 Å². The van der Waals surface area contributed by atoms with E-state index in [0.717, 1.165) is 18.8 Å². The van der Waals surface area contributed by atoms with E-state index in [-0.39, 0.29) is 11.9 Å². The van der Waals surface area contributed by atoms with E-state index in [9.17, 15) is 4.79 Å². The minimum atomic E-state index is -0.108. The monoisotopic (exact) mass is 266 g/mol. The predicted octanol–water partition coefficient (Wildman–Crippen LogP) is 3.08. The van der Waals surface area contributed by atoms with Crippen molar-refractivity contribution in [2.24, 2.45) is 0 Å². The van der Waals surface area contributed by atoms with Gasteiger partial charge >= 0.3 is 0 Å². The van der Waals surface area contributed by atoms with Crippen LogP contribution in [-0.4, -0.2) is 25.0 Å². The molecule has 1 fully saturated rings. The summed E-state index contributed by atoms with van der Waals surface area (Å²) in [6, 6.07) is 5.80. The Labute approximate surface area is 113 Å². The average molecular weight is 267 g/mol. The molecule has 0 aromatic heterocycles. The fraction of sp³-hybridized carbons (Fsp3) is 0.500. The van der Waals surface area contributed by atoms with E-state index in [1.54, 1.807) is 0 Å². The number of nitrogens with zero attached hydrogens (tertiary/aromatic N) is 1. The molecular formula is C14H19ClN2O. The van der Waals surface area contributed by atoms with Crippen molar-refractivity contribution < 1.29 is 4.79 Å². The summed E-state index contributed by atoms with van der Waals surface area (Å²) in [6.45, 7) is 6.02. The molecular weight excluding hydrogens is 248 g/mol. The molecule has 1 amide bonds. The van der Waals surface area contributed by atoms with Gasteiger partial charge in [0, 0.05) is 24.8 Å². The second-order valence-electron chi connectivity index (χ2n) is 4.99. The average Bonchev–Trinajstić information content (AvgIpc) is 2.80. The first-order valence-electron chi connectivity index (χ1n) is 6.43. The molecule has 98 valence electrons. The van der Waals surface area contributed by atoms with E-state index in [2.05, 4.69) is 10.2 Å². The molecule has 0 atom stereocenters. The number of hydrogen-bond acceptors (Lipinski definition) is 2. The number of halogens is 1. The highest BCUT2D eigenvalue weighted by Crippen LogP contribution is 2.26. The smallest absolute Gasteiger partial charge is 0.252 e. The molecule has 3 nitrogen and oxygen atoms in total. The van der Waals surface area contributed by atoms with Crippen LogP contribution in [0.5, 0.6) is 0 Å². The van der Waals surface area contributed by atoms with Gasteiger partial charge in [0.2, 0.25) is 0 Å². The van der Waals surface area contributed by atoms with Crippen LogP contribution in [0.1, 0.15) is 37.0 Å². The molecule has 4 heteroatoms. The zero-order chi connectivity index (χ0) is 13.1. The van der Waals surface area contributed by atoms with Gasteiger partial charge in [0.15, 0.2) is 0 Å². The normalized spacial score (nSPS) is 15.2. The Bertz CT molecular complexity index is 439. The SMILES string of the molecule is CC(C)NC(=O)c1ccc(N2CCCC2)cc1Cl. The number of carbonyl (C=O) groups excluding carboxylic acids is 1. The van der Waals surface area contributed by atoms with Gasteiger partial charge in [0.25, 0.3) is 5.91 Å². The number of nitrogens with one attached hydrogen (secondary N) is 1. The van der Waals surface area contributed by atoms with E-state index in [0.29, 0.717) is 10.6 Å². The van der Waals surface area contributed by atoms with Crippen LogP contribution in [-0.2, 0) is 0 Å². The van der Waals surface area contributed by atoms with Crippen LogP contribution < -0.4 is 10.2 Å². The molecule has 0 saturated carbocycles. The molecule has 1 saturated heterocycles. The Morgan fingerprint density at radius 1 is 1.33 bits per heavy atom. The number of hydrogen-bond donors (Lipinski definition) is 1. The van der Waals surface area contributed by atoms with Crippen LogP contribution in [0.15, 0.2) is 18.2 Å². The van der Waals surface area contributed by atoms with Gasteiger partial charge in [-0.2, -0.15) is 0 Å². The second kappa shape index (κ2) is 5.61. The minimum absolute atomic E-state index is 0.108. The third-order valence-corrected chi connectivity index (χ3v) is 3.40. The number of benzene rings is 1. The molecule has 1 heterocycles. The number of anilines is 1. The van der Waals surface area contributed by atoms with Crippen molar-refractivity contribution in [3.8, 4) is 0 Å². The third-order valence-electron chi connectivity index (χ3n) is 3.09. The molecule has 0 bridgehead atoms. The quantitative estimate of drug-likeness (QED) is 0.912. The van der Waals surface area contributed by atoms with E-state index in [1.165, 1.54) is 12.8 Å². The van der Waals surface area contributed by atoms with Crippen molar-refractivity contribution >= 4 is 23.2 Å². The molecule has 18 heavy (non-hydrogen) atoms. The standard InChI is InChI=1S/C14H19ClN2O/c1-10(2)16-14(18)12-6-5-11(9-13(12)15)17-7-3-4-8-17/h5-6,9-10H,3-4,7-8H2,1-2H3,(H,16,18).